The summed E-state index contributed by atoms with van der Waals surface area (Å²) in [5.41, 5.74) is 2.24. The molecule has 100 valence electrons. The molecule has 2 rings (SSSR count). The van der Waals surface area contributed by atoms with Crippen LogP contribution in [0.5, 0.6) is 0 Å². The first kappa shape index (κ1) is 18.0. The fourth-order valence-electron chi connectivity index (χ4n) is 1.53. The number of benzene rings is 2. The van der Waals surface area contributed by atoms with Crippen LogP contribution in [-0.4, -0.2) is 15.1 Å². The smallest absolute Gasteiger partial charge is 1.00 e. The van der Waals surface area contributed by atoms with Crippen LogP contribution in [-0.2, 0) is 22.3 Å². The second kappa shape index (κ2) is 9.03. The van der Waals surface area contributed by atoms with E-state index < -0.39 is 5.96 Å². The van der Waals surface area contributed by atoms with Crippen molar-refractivity contribution in [3.8, 4) is 0 Å². The van der Waals surface area contributed by atoms with E-state index in [9.17, 15) is 0 Å². The molecule has 0 aromatic heterocycles. The summed E-state index contributed by atoms with van der Waals surface area (Å²) in [5.74, 6) is -2.15. The van der Waals surface area contributed by atoms with E-state index >= 15 is 0 Å². The summed E-state index contributed by atoms with van der Waals surface area (Å²) in [6, 6.07) is 20.0. The third kappa shape index (κ3) is 6.57. The van der Waals surface area contributed by atoms with E-state index in [-0.39, 0.29) is 18.9 Å². The molecule has 0 bridgehead atoms. The number of hydrogen-bond donors (Lipinski definition) is 0. The topological polar surface area (TPSA) is 18.5 Å². The Morgan fingerprint density at radius 2 is 1.15 bits per heavy atom. The normalized spacial score (nSPS) is 10.8. The van der Waals surface area contributed by atoms with Crippen LogP contribution in [0.25, 0.3) is 0 Å². The van der Waals surface area contributed by atoms with Crippen molar-refractivity contribution in [3.63, 3.8) is 0 Å². The first-order valence-corrected chi connectivity index (χ1v) is 10.00. The predicted molar refractivity (Wildman–Crippen MR) is 80.5 cm³/mol. The van der Waals surface area contributed by atoms with Crippen molar-refractivity contribution >= 4 is 21.1 Å². The van der Waals surface area contributed by atoms with Gasteiger partial charge >= 0.3 is 141 Å². The van der Waals surface area contributed by atoms with Crippen molar-refractivity contribution < 1.29 is 27.9 Å². The molecule has 0 fully saturated rings. The summed E-state index contributed by atoms with van der Waals surface area (Å²) in [4.78, 5) is 0. The fourth-order valence-corrected chi connectivity index (χ4v) is 2.96. The van der Waals surface area contributed by atoms with Crippen molar-refractivity contribution in [2.45, 2.75) is 13.2 Å². The average Bonchev–Trinajstić information content (AvgIpc) is 2.46. The maximum absolute atomic E-state index is 5.76. The van der Waals surface area contributed by atoms with Gasteiger partial charge in [-0.25, -0.2) is 0 Å². The van der Waals surface area contributed by atoms with Gasteiger partial charge < -0.3 is 0 Å². The Labute approximate surface area is 140 Å². The third-order valence-corrected chi connectivity index (χ3v) is 4.91. The molecule has 0 aliphatic heterocycles. The molecule has 2 nitrogen and oxygen atoms in total. The molecule has 20 heavy (non-hydrogen) atoms. The third-order valence-electron chi connectivity index (χ3n) is 2.54. The minimum Gasteiger partial charge on any atom is 1.00 e. The van der Waals surface area contributed by atoms with Gasteiger partial charge in [0, 0.05) is 0 Å². The summed E-state index contributed by atoms with van der Waals surface area (Å²) in [6.45, 7) is 5.04. The van der Waals surface area contributed by atoms with Gasteiger partial charge in [-0.1, -0.05) is 0 Å². The average molecular weight is 345 g/mol. The minimum atomic E-state index is -2.15. The summed E-state index contributed by atoms with van der Waals surface area (Å²) >= 11 is 2.95. The van der Waals surface area contributed by atoms with Crippen LogP contribution >= 0.6 is 5.96 Å². The van der Waals surface area contributed by atoms with Crippen LogP contribution in [0.2, 0.25) is 0 Å². The van der Waals surface area contributed by atoms with Crippen molar-refractivity contribution in [3.05, 3.63) is 78.5 Å². The Morgan fingerprint density at radius 1 is 0.800 bits per heavy atom. The van der Waals surface area contributed by atoms with Gasteiger partial charge in [0.05, 0.1) is 0 Å². The molecule has 5 heteroatoms. The van der Waals surface area contributed by atoms with Gasteiger partial charge in [-0.05, 0) is 0 Å². The molecular weight excluding hydrogens is 329 g/mol. The summed E-state index contributed by atoms with van der Waals surface area (Å²) in [6.07, 6.45) is 0. The zero-order valence-electron chi connectivity index (χ0n) is 11.6. The van der Waals surface area contributed by atoms with Gasteiger partial charge in [-0.3, -0.25) is 0 Å². The van der Waals surface area contributed by atoms with Crippen molar-refractivity contribution in [1.29, 1.82) is 0 Å². The number of rotatable bonds is 6. The van der Waals surface area contributed by atoms with Gasteiger partial charge in [-0.15, -0.1) is 0 Å². The molecular formula is C15H16LiO2PSe. The van der Waals surface area contributed by atoms with Crippen LogP contribution in [0.1, 0.15) is 11.1 Å². The Morgan fingerprint density at radius 3 is 1.50 bits per heavy atom. The summed E-state index contributed by atoms with van der Waals surface area (Å²) in [5, 5.41) is 0. The van der Waals surface area contributed by atoms with Crippen LogP contribution in [0, 0.1) is 6.66 Å². The molecule has 0 unspecified atom stereocenters. The molecule has 0 aliphatic carbocycles. The van der Waals surface area contributed by atoms with Crippen molar-refractivity contribution in [2.75, 3.05) is 0 Å². The first-order chi connectivity index (χ1) is 9.16. The molecule has 2 aromatic rings. The number of hydrogen-bond acceptors (Lipinski definition) is 2. The molecule has 0 N–H and O–H groups in total. The Balaban J connectivity index is 0.00000200. The second-order valence-corrected chi connectivity index (χ2v) is 9.37. The standard InChI is InChI=1S/C15H16O2PSe.Li/c1-18(19,16-12-14-8-4-2-5-9-14)17-13-15-10-6-3-7-11-15;/h2-11H,1,12-13H2;/q-1;+1. The van der Waals surface area contributed by atoms with E-state index in [2.05, 4.69) is 21.8 Å². The summed E-state index contributed by atoms with van der Waals surface area (Å²) < 4.78 is 11.5. The van der Waals surface area contributed by atoms with E-state index in [4.69, 9.17) is 9.05 Å². The van der Waals surface area contributed by atoms with Gasteiger partial charge in [0.1, 0.15) is 0 Å². The van der Waals surface area contributed by atoms with Crippen LogP contribution in [0.3, 0.4) is 0 Å². The van der Waals surface area contributed by atoms with Gasteiger partial charge in [0.15, 0.2) is 0 Å². The van der Waals surface area contributed by atoms with E-state index in [0.717, 1.165) is 11.1 Å². The molecule has 0 atom stereocenters. The van der Waals surface area contributed by atoms with Gasteiger partial charge in [0.2, 0.25) is 0 Å². The van der Waals surface area contributed by atoms with Gasteiger partial charge in [-0.2, -0.15) is 0 Å². The molecule has 0 aliphatic rings. The van der Waals surface area contributed by atoms with E-state index in [1.807, 2.05) is 60.7 Å². The van der Waals surface area contributed by atoms with Gasteiger partial charge in [0.25, 0.3) is 0 Å². The van der Waals surface area contributed by atoms with Crippen LogP contribution in [0.15, 0.2) is 60.7 Å². The molecule has 0 saturated heterocycles. The Bertz CT molecular complexity index is 501. The Hall–Kier alpha value is -0.0931. The molecule has 0 saturated carbocycles. The largest absolute Gasteiger partial charge is 1.00 e. The Kier molecular flexibility index (Phi) is 8.11. The van der Waals surface area contributed by atoms with Crippen LogP contribution < -0.4 is 18.9 Å². The molecule has 0 radical (unpaired) electrons. The van der Waals surface area contributed by atoms with E-state index in [1.165, 1.54) is 0 Å². The summed E-state index contributed by atoms with van der Waals surface area (Å²) in [7, 11) is 0. The maximum atomic E-state index is 5.76. The van der Waals surface area contributed by atoms with Crippen LogP contribution in [0.4, 0.5) is 0 Å². The SMILES string of the molecule is [CH2-]P(=[Se])(OCc1ccccc1)OCc1ccccc1.[Li+]. The predicted octanol–water partition coefficient (Wildman–Crippen LogP) is 1.15. The molecule has 0 spiro atoms. The second-order valence-electron chi connectivity index (χ2n) is 4.13. The maximum Gasteiger partial charge on any atom is 1.00 e. The van der Waals surface area contributed by atoms with E-state index in [0.29, 0.717) is 13.2 Å². The quantitative estimate of drug-likeness (QED) is 0.444. The molecule has 2 aromatic carbocycles. The molecule has 0 amide bonds. The fraction of sp³-hybridized carbons (Fsp3) is 0.133. The minimum absolute atomic E-state index is 0. The van der Waals surface area contributed by atoms with Crippen molar-refractivity contribution in [2.24, 2.45) is 0 Å². The van der Waals surface area contributed by atoms with Crippen molar-refractivity contribution in [1.82, 2.24) is 0 Å². The zero-order chi connectivity index (χ0) is 13.6. The monoisotopic (exact) mass is 346 g/mol. The first-order valence-electron chi connectivity index (χ1n) is 5.97. The zero-order valence-corrected chi connectivity index (χ0v) is 14.2. The molecule has 0 heterocycles. The van der Waals surface area contributed by atoms with E-state index in [1.54, 1.807) is 0 Å².